The Balaban J connectivity index is 1.86. The monoisotopic (exact) mass is 362 g/mol. The minimum absolute atomic E-state index is 0.0366. The molecule has 1 fully saturated rings. The summed E-state index contributed by atoms with van der Waals surface area (Å²) >= 11 is 3.43. The van der Waals surface area contributed by atoms with Crippen LogP contribution < -0.4 is 5.32 Å². The molecule has 1 saturated heterocycles. The second kappa shape index (κ2) is 6.22. The van der Waals surface area contributed by atoms with Gasteiger partial charge in [0.25, 0.3) is 5.91 Å². The molecule has 1 atom stereocenters. The van der Waals surface area contributed by atoms with E-state index in [9.17, 15) is 4.79 Å². The van der Waals surface area contributed by atoms with Crippen LogP contribution in [0.1, 0.15) is 22.5 Å². The fraction of sp³-hybridized carbons (Fsp3) is 0.375. The van der Waals surface area contributed by atoms with E-state index in [1.54, 1.807) is 10.9 Å². The highest BCUT2D eigenvalue weighted by atomic mass is 79.9. The number of rotatable bonds is 3. The third-order valence-corrected chi connectivity index (χ3v) is 4.74. The van der Waals surface area contributed by atoms with Crippen molar-refractivity contribution in [1.29, 1.82) is 0 Å². The summed E-state index contributed by atoms with van der Waals surface area (Å²) in [6.07, 6.45) is 2.67. The predicted molar refractivity (Wildman–Crippen MR) is 89.4 cm³/mol. The SMILES string of the molecule is Cc1c(C(=O)N(C)[C@H]2CCNC2)cnn1-c1ccc(Br)cc1. The number of carbonyl (C=O) groups is 1. The average molecular weight is 363 g/mol. The first-order valence-electron chi connectivity index (χ1n) is 7.36. The van der Waals surface area contributed by atoms with E-state index >= 15 is 0 Å². The Morgan fingerprint density at radius 2 is 2.14 bits per heavy atom. The largest absolute Gasteiger partial charge is 0.337 e. The third kappa shape index (κ3) is 2.80. The van der Waals surface area contributed by atoms with Gasteiger partial charge in [0.1, 0.15) is 0 Å². The van der Waals surface area contributed by atoms with Crippen LogP contribution in [0.15, 0.2) is 34.9 Å². The smallest absolute Gasteiger partial charge is 0.257 e. The summed E-state index contributed by atoms with van der Waals surface area (Å²) in [6.45, 7) is 3.77. The molecule has 2 heterocycles. The second-order valence-corrected chi connectivity index (χ2v) is 6.51. The molecular weight excluding hydrogens is 344 g/mol. The number of carbonyl (C=O) groups excluding carboxylic acids is 1. The molecule has 0 spiro atoms. The lowest BCUT2D eigenvalue weighted by Crippen LogP contribution is -2.38. The Labute approximate surface area is 138 Å². The lowest BCUT2D eigenvalue weighted by atomic mass is 10.1. The maximum Gasteiger partial charge on any atom is 0.257 e. The topological polar surface area (TPSA) is 50.2 Å². The zero-order valence-electron chi connectivity index (χ0n) is 12.7. The van der Waals surface area contributed by atoms with Crippen LogP contribution in [0.4, 0.5) is 0 Å². The van der Waals surface area contributed by atoms with Gasteiger partial charge in [-0.3, -0.25) is 4.79 Å². The van der Waals surface area contributed by atoms with Crippen molar-refractivity contribution in [3.05, 3.63) is 46.2 Å². The first-order valence-corrected chi connectivity index (χ1v) is 8.15. The lowest BCUT2D eigenvalue weighted by molar-refractivity contribution is 0.0743. The number of halogens is 1. The van der Waals surface area contributed by atoms with Crippen LogP contribution in [0, 0.1) is 6.92 Å². The van der Waals surface area contributed by atoms with Crippen LogP contribution in [0.3, 0.4) is 0 Å². The summed E-state index contributed by atoms with van der Waals surface area (Å²) < 4.78 is 2.83. The van der Waals surface area contributed by atoms with Crippen LogP contribution in [-0.4, -0.2) is 46.8 Å². The summed E-state index contributed by atoms with van der Waals surface area (Å²) in [5.74, 6) is 0.0366. The van der Waals surface area contributed by atoms with Crippen molar-refractivity contribution in [2.75, 3.05) is 20.1 Å². The minimum atomic E-state index is 0.0366. The number of likely N-dealkylation sites (N-methyl/N-ethyl adjacent to an activating group) is 1. The first kappa shape index (κ1) is 15.2. The van der Waals surface area contributed by atoms with Crippen LogP contribution in [0.5, 0.6) is 0 Å². The van der Waals surface area contributed by atoms with Crippen molar-refractivity contribution in [3.63, 3.8) is 0 Å². The standard InChI is InChI=1S/C16H19BrN4O/c1-11-15(16(22)20(2)14-7-8-18-9-14)10-19-21(11)13-5-3-12(17)4-6-13/h3-6,10,14,18H,7-9H2,1-2H3/t14-/m0/s1. The summed E-state index contributed by atoms with van der Waals surface area (Å²) in [5, 5.41) is 7.68. The van der Waals surface area contributed by atoms with Crippen molar-refractivity contribution in [2.24, 2.45) is 0 Å². The molecule has 1 aliphatic heterocycles. The molecule has 0 unspecified atom stereocenters. The van der Waals surface area contributed by atoms with Gasteiger partial charge in [0.15, 0.2) is 0 Å². The molecule has 0 radical (unpaired) electrons. The van der Waals surface area contributed by atoms with Crippen LogP contribution in [-0.2, 0) is 0 Å². The van der Waals surface area contributed by atoms with E-state index in [4.69, 9.17) is 0 Å². The fourth-order valence-corrected chi connectivity index (χ4v) is 3.05. The van der Waals surface area contributed by atoms with E-state index in [0.29, 0.717) is 5.56 Å². The Kier molecular flexibility index (Phi) is 4.31. The van der Waals surface area contributed by atoms with Crippen molar-refractivity contribution >= 4 is 21.8 Å². The molecule has 0 saturated carbocycles. The van der Waals surface area contributed by atoms with Gasteiger partial charge in [0.05, 0.1) is 23.1 Å². The molecule has 1 amide bonds. The number of nitrogens with one attached hydrogen (secondary N) is 1. The van der Waals surface area contributed by atoms with Crippen LogP contribution in [0.2, 0.25) is 0 Å². The maximum atomic E-state index is 12.7. The van der Waals surface area contributed by atoms with Gasteiger partial charge >= 0.3 is 0 Å². The number of benzene rings is 1. The molecule has 5 nitrogen and oxygen atoms in total. The van der Waals surface area contributed by atoms with E-state index in [1.807, 2.05) is 43.1 Å². The number of nitrogens with zero attached hydrogens (tertiary/aromatic N) is 3. The Morgan fingerprint density at radius 1 is 1.41 bits per heavy atom. The Hall–Kier alpha value is -1.66. The zero-order valence-corrected chi connectivity index (χ0v) is 14.3. The lowest BCUT2D eigenvalue weighted by Gasteiger charge is -2.23. The highest BCUT2D eigenvalue weighted by Gasteiger charge is 2.26. The zero-order chi connectivity index (χ0) is 15.7. The van der Waals surface area contributed by atoms with Crippen molar-refractivity contribution < 1.29 is 4.79 Å². The number of hydrogen-bond donors (Lipinski definition) is 1. The van der Waals surface area contributed by atoms with Gasteiger partial charge in [-0.2, -0.15) is 5.10 Å². The van der Waals surface area contributed by atoms with Crippen molar-refractivity contribution in [2.45, 2.75) is 19.4 Å². The van der Waals surface area contributed by atoms with E-state index in [2.05, 4.69) is 26.3 Å². The molecule has 0 aliphatic carbocycles. The van der Waals surface area contributed by atoms with E-state index in [0.717, 1.165) is 35.4 Å². The number of amides is 1. The predicted octanol–water partition coefficient (Wildman–Crippen LogP) is 2.38. The number of hydrogen-bond acceptors (Lipinski definition) is 3. The normalized spacial score (nSPS) is 17.7. The molecule has 6 heteroatoms. The second-order valence-electron chi connectivity index (χ2n) is 5.59. The molecule has 3 rings (SSSR count). The molecule has 1 aliphatic rings. The van der Waals surface area contributed by atoms with E-state index in [-0.39, 0.29) is 11.9 Å². The Morgan fingerprint density at radius 3 is 2.77 bits per heavy atom. The molecule has 1 aromatic carbocycles. The van der Waals surface area contributed by atoms with Gasteiger partial charge in [-0.15, -0.1) is 0 Å². The van der Waals surface area contributed by atoms with Gasteiger partial charge in [-0.25, -0.2) is 4.68 Å². The highest BCUT2D eigenvalue weighted by Crippen LogP contribution is 2.19. The van der Waals surface area contributed by atoms with Crippen molar-refractivity contribution in [3.8, 4) is 5.69 Å². The molecular formula is C16H19BrN4O. The molecule has 0 bridgehead atoms. The van der Waals surface area contributed by atoms with Gasteiger partial charge in [-0.05, 0) is 44.2 Å². The van der Waals surface area contributed by atoms with Gasteiger partial charge in [0.2, 0.25) is 0 Å². The van der Waals surface area contributed by atoms with E-state index < -0.39 is 0 Å². The highest BCUT2D eigenvalue weighted by molar-refractivity contribution is 9.10. The summed E-state index contributed by atoms with van der Waals surface area (Å²) in [7, 11) is 1.87. The summed E-state index contributed by atoms with van der Waals surface area (Å²) in [6, 6.07) is 8.15. The molecule has 1 aromatic heterocycles. The van der Waals surface area contributed by atoms with Gasteiger partial charge < -0.3 is 10.2 Å². The first-order chi connectivity index (χ1) is 10.6. The number of aromatic nitrogens is 2. The summed E-state index contributed by atoms with van der Waals surface area (Å²) in [4.78, 5) is 14.5. The average Bonchev–Trinajstić information content (AvgIpc) is 3.16. The molecule has 1 N–H and O–H groups in total. The molecule has 116 valence electrons. The quantitative estimate of drug-likeness (QED) is 0.911. The van der Waals surface area contributed by atoms with Crippen LogP contribution >= 0.6 is 15.9 Å². The fourth-order valence-electron chi connectivity index (χ4n) is 2.79. The van der Waals surface area contributed by atoms with Gasteiger partial charge in [-0.1, -0.05) is 15.9 Å². The molecule has 2 aromatic rings. The van der Waals surface area contributed by atoms with Crippen molar-refractivity contribution in [1.82, 2.24) is 20.0 Å². The molecule has 22 heavy (non-hydrogen) atoms. The van der Waals surface area contributed by atoms with Crippen LogP contribution in [0.25, 0.3) is 5.69 Å². The van der Waals surface area contributed by atoms with Gasteiger partial charge in [0, 0.05) is 24.1 Å². The Bertz CT molecular complexity index is 674. The summed E-state index contributed by atoms with van der Waals surface area (Å²) in [5.41, 5.74) is 2.48. The minimum Gasteiger partial charge on any atom is -0.337 e. The third-order valence-electron chi connectivity index (χ3n) is 4.21. The van der Waals surface area contributed by atoms with E-state index in [1.165, 1.54) is 0 Å². The maximum absolute atomic E-state index is 12.7.